The highest BCUT2D eigenvalue weighted by Crippen LogP contribution is 2.35. The number of hydrogen-bond acceptors (Lipinski definition) is 3. The fourth-order valence-electron chi connectivity index (χ4n) is 2.41. The van der Waals surface area contributed by atoms with Gasteiger partial charge in [0.1, 0.15) is 10.7 Å². The summed E-state index contributed by atoms with van der Waals surface area (Å²) in [6.45, 7) is 4.18. The van der Waals surface area contributed by atoms with Gasteiger partial charge in [-0.3, -0.25) is 9.48 Å². The first kappa shape index (κ1) is 16.1. The van der Waals surface area contributed by atoms with E-state index in [9.17, 15) is 18.0 Å². The Morgan fingerprint density at radius 3 is 2.29 bits per heavy atom. The highest BCUT2D eigenvalue weighted by molar-refractivity contribution is 6.34. The van der Waals surface area contributed by atoms with Gasteiger partial charge in [-0.1, -0.05) is 11.6 Å². The summed E-state index contributed by atoms with van der Waals surface area (Å²) < 4.78 is 44.7. The van der Waals surface area contributed by atoms with Gasteiger partial charge in [-0.05, 0) is 13.8 Å². The number of ether oxygens (including phenoxy) is 1. The van der Waals surface area contributed by atoms with Crippen LogP contribution in [0.1, 0.15) is 30.0 Å². The van der Waals surface area contributed by atoms with Gasteiger partial charge in [0, 0.05) is 20.1 Å². The lowest BCUT2D eigenvalue weighted by molar-refractivity contribution is -0.141. The molecule has 2 atom stereocenters. The molecule has 118 valence electrons. The van der Waals surface area contributed by atoms with E-state index in [1.54, 1.807) is 13.8 Å². The fourth-order valence-corrected chi connectivity index (χ4v) is 2.75. The van der Waals surface area contributed by atoms with Crippen molar-refractivity contribution in [2.24, 2.45) is 7.05 Å². The van der Waals surface area contributed by atoms with E-state index in [2.05, 4.69) is 5.10 Å². The molecule has 0 spiro atoms. The van der Waals surface area contributed by atoms with Crippen molar-refractivity contribution in [2.75, 3.05) is 13.1 Å². The van der Waals surface area contributed by atoms with Crippen LogP contribution in [0, 0.1) is 0 Å². The van der Waals surface area contributed by atoms with Crippen LogP contribution in [0.4, 0.5) is 13.2 Å². The van der Waals surface area contributed by atoms with Crippen molar-refractivity contribution in [3.8, 4) is 0 Å². The first-order chi connectivity index (χ1) is 9.61. The zero-order valence-corrected chi connectivity index (χ0v) is 12.5. The van der Waals surface area contributed by atoms with E-state index in [0.29, 0.717) is 13.1 Å². The molecule has 1 aromatic rings. The molecule has 0 radical (unpaired) electrons. The van der Waals surface area contributed by atoms with E-state index in [1.807, 2.05) is 0 Å². The third-order valence-corrected chi connectivity index (χ3v) is 3.53. The number of morpholine rings is 1. The van der Waals surface area contributed by atoms with Gasteiger partial charge in [0.15, 0.2) is 5.69 Å². The van der Waals surface area contributed by atoms with Gasteiger partial charge in [-0.15, -0.1) is 0 Å². The van der Waals surface area contributed by atoms with Crippen molar-refractivity contribution in [1.82, 2.24) is 14.7 Å². The standard InChI is InChI=1S/C12H15ClF3N3O2/c1-6-4-19(5-7(2)21-6)11(20)9-8(13)10(12(14,15)16)17-18(9)3/h6-7H,4-5H2,1-3H3/t6-,7+. The van der Waals surface area contributed by atoms with Crippen molar-refractivity contribution < 1.29 is 22.7 Å². The van der Waals surface area contributed by atoms with Crippen LogP contribution < -0.4 is 0 Å². The quantitative estimate of drug-likeness (QED) is 0.796. The first-order valence-electron chi connectivity index (χ1n) is 6.35. The number of halogens is 4. The molecular formula is C12H15ClF3N3O2. The average molecular weight is 326 g/mol. The van der Waals surface area contributed by atoms with Crippen LogP contribution in [0.15, 0.2) is 0 Å². The Labute approximate surface area is 124 Å². The minimum atomic E-state index is -4.70. The summed E-state index contributed by atoms with van der Waals surface area (Å²) in [7, 11) is 1.27. The molecule has 1 aromatic heterocycles. The number of carbonyl (C=O) groups excluding carboxylic acids is 1. The molecule has 1 aliphatic rings. The van der Waals surface area contributed by atoms with Crippen LogP contribution in [0.5, 0.6) is 0 Å². The smallest absolute Gasteiger partial charge is 0.372 e. The minimum absolute atomic E-state index is 0.188. The number of rotatable bonds is 1. The molecule has 21 heavy (non-hydrogen) atoms. The Hall–Kier alpha value is -1.28. The molecule has 2 rings (SSSR count). The van der Waals surface area contributed by atoms with E-state index in [0.717, 1.165) is 4.68 Å². The number of aromatic nitrogens is 2. The predicted molar refractivity (Wildman–Crippen MR) is 69.1 cm³/mol. The van der Waals surface area contributed by atoms with Crippen molar-refractivity contribution in [2.45, 2.75) is 32.2 Å². The van der Waals surface area contributed by atoms with Gasteiger partial charge >= 0.3 is 6.18 Å². The van der Waals surface area contributed by atoms with E-state index < -0.39 is 22.8 Å². The van der Waals surface area contributed by atoms with Crippen molar-refractivity contribution >= 4 is 17.5 Å². The fraction of sp³-hybridized carbons (Fsp3) is 0.667. The molecule has 5 nitrogen and oxygen atoms in total. The number of hydrogen-bond donors (Lipinski definition) is 0. The Kier molecular flexibility index (Phi) is 4.21. The Balaban J connectivity index is 2.34. The molecule has 0 aliphatic carbocycles. The van der Waals surface area contributed by atoms with Gasteiger partial charge < -0.3 is 9.64 Å². The third-order valence-electron chi connectivity index (χ3n) is 3.17. The summed E-state index contributed by atoms with van der Waals surface area (Å²) in [5.41, 5.74) is -1.50. The van der Waals surface area contributed by atoms with Gasteiger partial charge in [0.2, 0.25) is 0 Å². The Morgan fingerprint density at radius 1 is 1.33 bits per heavy atom. The predicted octanol–water partition coefficient (Wildman–Crippen LogP) is 2.34. The number of amides is 1. The summed E-state index contributed by atoms with van der Waals surface area (Å²) in [5, 5.41) is 2.65. The van der Waals surface area contributed by atoms with Crippen LogP contribution in [0.3, 0.4) is 0 Å². The summed E-state index contributed by atoms with van der Waals surface area (Å²) in [6.07, 6.45) is -5.07. The second kappa shape index (κ2) is 5.49. The number of alkyl halides is 3. The molecule has 2 heterocycles. The second-order valence-corrected chi connectivity index (χ2v) is 5.48. The molecule has 0 unspecified atom stereocenters. The van der Waals surface area contributed by atoms with E-state index >= 15 is 0 Å². The molecule has 1 fully saturated rings. The average Bonchev–Trinajstić information content (AvgIpc) is 2.62. The maximum Gasteiger partial charge on any atom is 0.436 e. The summed E-state index contributed by atoms with van der Waals surface area (Å²) in [6, 6.07) is 0. The van der Waals surface area contributed by atoms with Crippen LogP contribution in [-0.4, -0.2) is 45.9 Å². The molecule has 9 heteroatoms. The van der Waals surface area contributed by atoms with E-state index in [-0.39, 0.29) is 17.9 Å². The molecule has 1 aliphatic heterocycles. The summed E-state index contributed by atoms with van der Waals surface area (Å²) in [4.78, 5) is 13.9. The van der Waals surface area contributed by atoms with Crippen LogP contribution >= 0.6 is 11.6 Å². The van der Waals surface area contributed by atoms with Crippen molar-refractivity contribution in [3.05, 3.63) is 16.4 Å². The lowest BCUT2D eigenvalue weighted by Gasteiger charge is -2.35. The van der Waals surface area contributed by atoms with E-state index in [4.69, 9.17) is 16.3 Å². The molecule has 1 amide bonds. The first-order valence-corrected chi connectivity index (χ1v) is 6.73. The van der Waals surface area contributed by atoms with Gasteiger partial charge in [0.05, 0.1) is 12.2 Å². The Bertz CT molecular complexity index is 549. The monoisotopic (exact) mass is 325 g/mol. The van der Waals surface area contributed by atoms with Crippen LogP contribution in [-0.2, 0) is 18.0 Å². The van der Waals surface area contributed by atoms with Crippen LogP contribution in [0.25, 0.3) is 0 Å². The normalized spacial score (nSPS) is 23.5. The number of nitrogens with zero attached hydrogens (tertiary/aromatic N) is 3. The van der Waals surface area contributed by atoms with Gasteiger partial charge in [-0.25, -0.2) is 0 Å². The molecular weight excluding hydrogens is 311 g/mol. The minimum Gasteiger partial charge on any atom is -0.372 e. The summed E-state index contributed by atoms with van der Waals surface area (Å²) in [5.74, 6) is -0.576. The number of aryl methyl sites for hydroxylation is 1. The molecule has 0 aromatic carbocycles. The molecule has 1 saturated heterocycles. The second-order valence-electron chi connectivity index (χ2n) is 5.10. The maximum absolute atomic E-state index is 12.8. The lowest BCUT2D eigenvalue weighted by atomic mass is 10.2. The Morgan fingerprint density at radius 2 is 1.86 bits per heavy atom. The zero-order valence-electron chi connectivity index (χ0n) is 11.7. The molecule has 0 N–H and O–H groups in total. The highest BCUT2D eigenvalue weighted by atomic mass is 35.5. The van der Waals surface area contributed by atoms with Gasteiger partial charge in [0.25, 0.3) is 5.91 Å². The lowest BCUT2D eigenvalue weighted by Crippen LogP contribution is -2.48. The third kappa shape index (κ3) is 3.16. The van der Waals surface area contributed by atoms with Gasteiger partial charge in [-0.2, -0.15) is 18.3 Å². The summed E-state index contributed by atoms with van der Waals surface area (Å²) >= 11 is 5.72. The SMILES string of the molecule is C[C@@H]1CN(C(=O)c2c(Cl)c(C(F)(F)F)nn2C)C[C@H](C)O1. The maximum atomic E-state index is 12.8. The number of carbonyl (C=O) groups is 1. The van der Waals surface area contributed by atoms with Crippen molar-refractivity contribution in [1.29, 1.82) is 0 Å². The molecule has 0 bridgehead atoms. The van der Waals surface area contributed by atoms with Crippen molar-refractivity contribution in [3.63, 3.8) is 0 Å². The zero-order chi connectivity index (χ0) is 15.9. The topological polar surface area (TPSA) is 47.4 Å². The highest BCUT2D eigenvalue weighted by Gasteiger charge is 2.41. The largest absolute Gasteiger partial charge is 0.436 e. The van der Waals surface area contributed by atoms with E-state index in [1.165, 1.54) is 11.9 Å². The molecule has 0 saturated carbocycles. The van der Waals surface area contributed by atoms with Crippen LogP contribution in [0.2, 0.25) is 5.02 Å².